The van der Waals surface area contributed by atoms with Crippen LogP contribution in [0.4, 0.5) is 39.5 Å². The van der Waals surface area contributed by atoms with E-state index in [-0.39, 0.29) is 5.56 Å². The number of unbranched alkanes of at least 4 members (excludes halogenated alkanes) is 2. The van der Waals surface area contributed by atoms with Crippen molar-refractivity contribution in [1.82, 2.24) is 0 Å². The van der Waals surface area contributed by atoms with E-state index in [0.29, 0.717) is 23.8 Å². The van der Waals surface area contributed by atoms with E-state index in [1.807, 2.05) is 24.3 Å². The highest BCUT2D eigenvalue weighted by Crippen LogP contribution is 2.35. The molecular weight excluding hydrogens is 607 g/mol. The number of aryl methyl sites for hydroxylation is 1. The van der Waals surface area contributed by atoms with Gasteiger partial charge in [0.15, 0.2) is 0 Å². The lowest BCUT2D eigenvalue weighted by atomic mass is 10.1. The summed E-state index contributed by atoms with van der Waals surface area (Å²) in [4.78, 5) is 0. The van der Waals surface area contributed by atoms with Gasteiger partial charge < -0.3 is 4.74 Å². The summed E-state index contributed by atoms with van der Waals surface area (Å²) in [5, 5.41) is 0. The van der Waals surface area contributed by atoms with Gasteiger partial charge in [-0.15, -0.1) is 0 Å². The molecule has 45 heavy (non-hydrogen) atoms. The number of hydrogen-bond acceptors (Lipinski definition) is 1. The summed E-state index contributed by atoms with van der Waals surface area (Å²) < 4.78 is 129. The largest absolute Gasteiger partial charge is 0.429 e. The predicted octanol–water partition coefficient (Wildman–Crippen LogP) is 9.92. The Morgan fingerprint density at radius 3 is 1.80 bits per heavy atom. The molecule has 0 aliphatic heterocycles. The van der Waals surface area contributed by atoms with Crippen molar-refractivity contribution in [2.24, 2.45) is 0 Å². The lowest BCUT2D eigenvalue weighted by Crippen LogP contribution is -2.23. The summed E-state index contributed by atoms with van der Waals surface area (Å²) in [5.74, 6) is 2.84. The van der Waals surface area contributed by atoms with E-state index in [1.54, 1.807) is 0 Å². The van der Waals surface area contributed by atoms with E-state index < -0.39 is 63.6 Å². The first kappa shape index (κ1) is 33.1. The zero-order valence-electron chi connectivity index (χ0n) is 23.6. The van der Waals surface area contributed by atoms with Crippen LogP contribution in [-0.2, 0) is 18.7 Å². The van der Waals surface area contributed by atoms with Crippen LogP contribution in [0.5, 0.6) is 5.75 Å². The fraction of sp³-hybridized carbons (Fsp3) is 0.200. The highest BCUT2D eigenvalue weighted by Gasteiger charge is 2.38. The van der Waals surface area contributed by atoms with Crippen LogP contribution in [0.3, 0.4) is 0 Å². The van der Waals surface area contributed by atoms with Gasteiger partial charge in [0.25, 0.3) is 0 Å². The molecule has 0 saturated carbocycles. The Morgan fingerprint density at radius 2 is 1.20 bits per heavy atom. The minimum absolute atomic E-state index is 0.140. The van der Waals surface area contributed by atoms with Crippen LogP contribution in [0, 0.1) is 47.0 Å². The summed E-state index contributed by atoms with van der Waals surface area (Å²) in [5.41, 5.74) is -2.21. The molecule has 0 aromatic heterocycles. The van der Waals surface area contributed by atoms with Gasteiger partial charge in [-0.3, -0.25) is 0 Å². The monoisotopic (exact) mass is 630 g/mol. The molecule has 1 nitrogen and oxygen atoms in total. The van der Waals surface area contributed by atoms with Gasteiger partial charge in [0.1, 0.15) is 40.1 Å². The molecule has 0 fully saturated rings. The second kappa shape index (κ2) is 13.9. The van der Waals surface area contributed by atoms with Crippen molar-refractivity contribution in [2.75, 3.05) is 0 Å². The normalized spacial score (nSPS) is 11.3. The summed E-state index contributed by atoms with van der Waals surface area (Å²) in [7, 11) is 0. The van der Waals surface area contributed by atoms with Crippen molar-refractivity contribution in [3.8, 4) is 29.4 Å². The second-order valence-corrected chi connectivity index (χ2v) is 9.92. The Morgan fingerprint density at radius 1 is 0.600 bits per heavy atom. The molecule has 232 valence electrons. The molecule has 0 spiro atoms. The van der Waals surface area contributed by atoms with Crippen LogP contribution in [-0.4, -0.2) is 0 Å². The van der Waals surface area contributed by atoms with Crippen LogP contribution in [0.1, 0.15) is 65.1 Å². The number of hydrogen-bond donors (Lipinski definition) is 0. The molecule has 4 aromatic rings. The third kappa shape index (κ3) is 8.63. The first-order valence-corrected chi connectivity index (χ1v) is 13.6. The first-order valence-electron chi connectivity index (χ1n) is 13.6. The molecule has 0 N–H and O–H groups in total. The highest BCUT2D eigenvalue weighted by atomic mass is 19.4. The fourth-order valence-corrected chi connectivity index (χ4v) is 4.23. The first-order chi connectivity index (χ1) is 21.3. The third-order valence-electron chi connectivity index (χ3n) is 6.51. The molecule has 0 aliphatic carbocycles. The van der Waals surface area contributed by atoms with Crippen molar-refractivity contribution in [3.05, 3.63) is 135 Å². The van der Waals surface area contributed by atoms with Crippen LogP contribution in [0.15, 0.2) is 72.8 Å². The smallest absolute Gasteiger partial charge is 0.429 e. The van der Waals surface area contributed by atoms with E-state index in [0.717, 1.165) is 49.9 Å². The van der Waals surface area contributed by atoms with Crippen LogP contribution in [0.2, 0.25) is 0 Å². The highest BCUT2D eigenvalue weighted by molar-refractivity contribution is 5.47. The number of halogens is 9. The Balaban J connectivity index is 1.45. The van der Waals surface area contributed by atoms with E-state index in [1.165, 1.54) is 11.6 Å². The molecule has 10 heteroatoms. The minimum atomic E-state index is -5.27. The molecule has 4 rings (SSSR count). The summed E-state index contributed by atoms with van der Waals surface area (Å²) >= 11 is 0. The molecule has 0 radical (unpaired) electrons. The molecular formula is C35H23F9O. The molecule has 0 atom stereocenters. The van der Waals surface area contributed by atoms with Crippen LogP contribution >= 0.6 is 0 Å². The summed E-state index contributed by atoms with van der Waals surface area (Å²) in [6, 6.07) is 13.3. The molecule has 0 saturated heterocycles. The Labute approximate surface area is 253 Å². The van der Waals surface area contributed by atoms with Crippen molar-refractivity contribution < 1.29 is 44.3 Å². The quantitative estimate of drug-likeness (QED) is 0.112. The number of ether oxygens (including phenoxy) is 1. The molecule has 0 unspecified atom stereocenters. The van der Waals surface area contributed by atoms with Crippen molar-refractivity contribution in [3.63, 3.8) is 0 Å². The van der Waals surface area contributed by atoms with Crippen LogP contribution in [0.25, 0.3) is 0 Å². The fourth-order valence-electron chi connectivity index (χ4n) is 4.23. The molecule has 0 heterocycles. The van der Waals surface area contributed by atoms with Gasteiger partial charge in [0.05, 0.1) is 5.56 Å². The van der Waals surface area contributed by atoms with E-state index in [2.05, 4.69) is 35.3 Å². The minimum Gasteiger partial charge on any atom is -0.429 e. The van der Waals surface area contributed by atoms with Gasteiger partial charge in [-0.1, -0.05) is 55.6 Å². The average Bonchev–Trinajstić information content (AvgIpc) is 2.95. The topological polar surface area (TPSA) is 9.23 Å². The Hall–Kier alpha value is -4.83. The van der Waals surface area contributed by atoms with Gasteiger partial charge in [0.2, 0.25) is 0 Å². The maximum atomic E-state index is 14.8. The van der Waals surface area contributed by atoms with Gasteiger partial charge >= 0.3 is 12.3 Å². The maximum Gasteiger partial charge on any atom is 0.429 e. The lowest BCUT2D eigenvalue weighted by molar-refractivity contribution is -0.187. The van der Waals surface area contributed by atoms with E-state index in [4.69, 9.17) is 0 Å². The average molecular weight is 631 g/mol. The number of benzene rings is 4. The maximum absolute atomic E-state index is 14.8. The Kier molecular flexibility index (Phi) is 10.2. The van der Waals surface area contributed by atoms with E-state index in [9.17, 15) is 39.5 Å². The third-order valence-corrected chi connectivity index (χ3v) is 6.51. The molecule has 0 amide bonds. The predicted molar refractivity (Wildman–Crippen MR) is 150 cm³/mol. The van der Waals surface area contributed by atoms with Gasteiger partial charge in [-0.05, 0) is 73.0 Å². The van der Waals surface area contributed by atoms with Crippen molar-refractivity contribution in [1.29, 1.82) is 0 Å². The molecule has 4 aromatic carbocycles. The SMILES string of the molecule is CCCCCc1ccc(C#Cc2ccc(C(F)(F)Oc3ccc(C#Cc4cc(F)c(C(F)(F)F)c(F)c4)c(F)c3)c(F)c2)cc1. The summed E-state index contributed by atoms with van der Waals surface area (Å²) in [6.07, 6.45) is -5.21. The second-order valence-electron chi connectivity index (χ2n) is 9.92. The van der Waals surface area contributed by atoms with E-state index >= 15 is 0 Å². The van der Waals surface area contributed by atoms with Crippen LogP contribution < -0.4 is 4.74 Å². The zero-order chi connectivity index (χ0) is 32.8. The van der Waals surface area contributed by atoms with Crippen molar-refractivity contribution in [2.45, 2.75) is 44.9 Å². The van der Waals surface area contributed by atoms with Gasteiger partial charge in [-0.2, -0.15) is 22.0 Å². The zero-order valence-corrected chi connectivity index (χ0v) is 23.6. The number of rotatable bonds is 7. The van der Waals surface area contributed by atoms with Gasteiger partial charge in [0, 0.05) is 22.8 Å². The summed E-state index contributed by atoms with van der Waals surface area (Å²) in [6.45, 7) is 2.12. The van der Waals surface area contributed by atoms with Gasteiger partial charge in [-0.25, -0.2) is 17.6 Å². The molecule has 0 aliphatic rings. The standard InChI is InChI=1S/C35H23F9O/c1-2-3-4-5-22-6-8-23(9-7-22)10-11-24-13-17-28(30(37)18-24)35(43,44)45-27-16-15-26(29(36)21-27)14-12-25-19-31(38)33(32(39)20-25)34(40,41)42/h6-9,13,15-21H,2-5H2,1H3. The lowest BCUT2D eigenvalue weighted by Gasteiger charge is -2.19. The molecule has 0 bridgehead atoms. The number of alkyl halides is 5. The Bertz CT molecular complexity index is 1780. The van der Waals surface area contributed by atoms with Crippen molar-refractivity contribution >= 4 is 0 Å².